The lowest BCUT2D eigenvalue weighted by Gasteiger charge is -2.07. The number of nitrogens with one attached hydrogen (secondary N) is 3. The van der Waals surface area contributed by atoms with E-state index in [2.05, 4.69) is 34.9 Å². The van der Waals surface area contributed by atoms with Gasteiger partial charge >= 0.3 is 0 Å². The van der Waals surface area contributed by atoms with Gasteiger partial charge in [0.05, 0.1) is 46.6 Å². The predicted octanol–water partition coefficient (Wildman–Crippen LogP) is 3.81. The monoisotopic (exact) mass is 514 g/mol. The van der Waals surface area contributed by atoms with Crippen molar-refractivity contribution < 1.29 is 12.8 Å². The molecule has 12 heteroatoms. The zero-order chi connectivity index (χ0) is 25.6. The Labute approximate surface area is 210 Å². The largest absolute Gasteiger partial charge is 0.335 e. The van der Waals surface area contributed by atoms with E-state index >= 15 is 0 Å². The SMILES string of the molecule is CS(=O)(=O)NCc1cc(F)cc(-c2cncc3[nH]c(-c4n[nH]c5cnc(-c6ccccn6)cc45)nc23)c1. The predicted molar refractivity (Wildman–Crippen MR) is 137 cm³/mol. The maximum Gasteiger partial charge on any atom is 0.209 e. The first kappa shape index (κ1) is 22.9. The van der Waals surface area contributed by atoms with Gasteiger partial charge in [-0.3, -0.25) is 20.1 Å². The number of rotatable bonds is 6. The van der Waals surface area contributed by atoms with E-state index in [1.165, 1.54) is 12.1 Å². The van der Waals surface area contributed by atoms with E-state index in [1.54, 1.807) is 30.9 Å². The van der Waals surface area contributed by atoms with Crippen molar-refractivity contribution in [3.63, 3.8) is 0 Å². The van der Waals surface area contributed by atoms with Gasteiger partial charge in [0.25, 0.3) is 0 Å². The maximum absolute atomic E-state index is 14.5. The smallest absolute Gasteiger partial charge is 0.209 e. The topological polar surface area (TPSA) is 142 Å². The van der Waals surface area contributed by atoms with Crippen LogP contribution in [-0.4, -0.2) is 49.8 Å². The van der Waals surface area contributed by atoms with Crippen LogP contribution in [0.4, 0.5) is 4.39 Å². The highest BCUT2D eigenvalue weighted by Gasteiger charge is 2.17. The number of nitrogens with zero attached hydrogens (tertiary/aromatic N) is 5. The van der Waals surface area contributed by atoms with Gasteiger partial charge in [-0.25, -0.2) is 22.5 Å². The summed E-state index contributed by atoms with van der Waals surface area (Å²) in [4.78, 5) is 21.2. The first-order valence-corrected chi connectivity index (χ1v) is 13.1. The van der Waals surface area contributed by atoms with E-state index in [-0.39, 0.29) is 6.54 Å². The van der Waals surface area contributed by atoms with Crippen LogP contribution in [0.3, 0.4) is 0 Å². The number of imidazole rings is 1. The van der Waals surface area contributed by atoms with Crippen LogP contribution in [-0.2, 0) is 16.6 Å². The fourth-order valence-electron chi connectivity index (χ4n) is 4.13. The average Bonchev–Trinajstić information content (AvgIpc) is 3.51. The van der Waals surface area contributed by atoms with E-state index in [4.69, 9.17) is 4.98 Å². The molecule has 6 rings (SSSR count). The second kappa shape index (κ2) is 8.84. The highest BCUT2D eigenvalue weighted by atomic mass is 32.2. The quantitative estimate of drug-likeness (QED) is 0.307. The molecule has 0 bridgehead atoms. The van der Waals surface area contributed by atoms with Crippen molar-refractivity contribution in [1.29, 1.82) is 0 Å². The highest BCUT2D eigenvalue weighted by molar-refractivity contribution is 7.88. The van der Waals surface area contributed by atoms with Crippen molar-refractivity contribution in [2.75, 3.05) is 6.26 Å². The van der Waals surface area contributed by atoms with Crippen LogP contribution < -0.4 is 4.72 Å². The fourth-order valence-corrected chi connectivity index (χ4v) is 4.56. The fraction of sp³-hybridized carbons (Fsp3) is 0.0800. The molecular weight excluding hydrogens is 495 g/mol. The zero-order valence-electron chi connectivity index (χ0n) is 19.4. The summed E-state index contributed by atoms with van der Waals surface area (Å²) in [5.41, 5.74) is 5.57. The van der Waals surface area contributed by atoms with Gasteiger partial charge in [0, 0.05) is 29.9 Å². The molecule has 0 aliphatic carbocycles. The molecule has 0 unspecified atom stereocenters. The Balaban J connectivity index is 1.44. The summed E-state index contributed by atoms with van der Waals surface area (Å²) < 4.78 is 39.8. The van der Waals surface area contributed by atoms with Crippen LogP contribution in [0.5, 0.6) is 0 Å². The lowest BCUT2D eigenvalue weighted by Crippen LogP contribution is -2.21. The Bertz CT molecular complexity index is 1880. The molecule has 1 aromatic carbocycles. The highest BCUT2D eigenvalue weighted by Crippen LogP contribution is 2.32. The summed E-state index contributed by atoms with van der Waals surface area (Å²) in [6.07, 6.45) is 7.69. The van der Waals surface area contributed by atoms with Gasteiger partial charge in [-0.1, -0.05) is 6.07 Å². The Hall–Kier alpha value is -4.55. The van der Waals surface area contributed by atoms with Gasteiger partial charge in [0.1, 0.15) is 11.5 Å². The average molecular weight is 515 g/mol. The zero-order valence-corrected chi connectivity index (χ0v) is 20.2. The molecule has 10 nitrogen and oxygen atoms in total. The van der Waals surface area contributed by atoms with E-state index in [9.17, 15) is 12.8 Å². The van der Waals surface area contributed by atoms with Crippen molar-refractivity contribution in [3.05, 3.63) is 78.6 Å². The normalized spacial score (nSPS) is 11.9. The molecule has 0 atom stereocenters. The second-order valence-corrected chi connectivity index (χ2v) is 10.3. The molecule has 0 saturated heterocycles. The molecule has 37 heavy (non-hydrogen) atoms. The van der Waals surface area contributed by atoms with E-state index in [0.29, 0.717) is 44.9 Å². The summed E-state index contributed by atoms with van der Waals surface area (Å²) in [6, 6.07) is 11.9. The molecule has 0 amide bonds. The van der Waals surface area contributed by atoms with Crippen LogP contribution in [0.1, 0.15) is 5.56 Å². The van der Waals surface area contributed by atoms with Crippen LogP contribution >= 0.6 is 0 Å². The van der Waals surface area contributed by atoms with Crippen molar-refractivity contribution in [1.82, 2.24) is 39.8 Å². The third-order valence-corrected chi connectivity index (χ3v) is 6.47. The van der Waals surface area contributed by atoms with Crippen LogP contribution in [0.25, 0.3) is 56.0 Å². The van der Waals surface area contributed by atoms with E-state index in [0.717, 1.165) is 22.9 Å². The number of H-pyrrole nitrogens is 2. The number of benzene rings is 1. The minimum atomic E-state index is -3.43. The summed E-state index contributed by atoms with van der Waals surface area (Å²) in [7, 11) is -3.43. The molecule has 0 spiro atoms. The van der Waals surface area contributed by atoms with Gasteiger partial charge in [0.2, 0.25) is 10.0 Å². The number of hydrogen-bond acceptors (Lipinski definition) is 7. The molecule has 0 fully saturated rings. The van der Waals surface area contributed by atoms with Gasteiger partial charge in [-0.2, -0.15) is 5.10 Å². The third kappa shape index (κ3) is 4.55. The van der Waals surface area contributed by atoms with Gasteiger partial charge in [-0.15, -0.1) is 0 Å². The molecule has 3 N–H and O–H groups in total. The number of aromatic amines is 2. The number of sulfonamides is 1. The third-order valence-electron chi connectivity index (χ3n) is 5.80. The van der Waals surface area contributed by atoms with Crippen LogP contribution in [0.15, 0.2) is 67.3 Å². The maximum atomic E-state index is 14.5. The molecule has 5 heterocycles. The number of fused-ring (bicyclic) bond motifs is 2. The molecular formula is C25H19FN8O2S. The molecule has 0 aliphatic rings. The molecule has 0 radical (unpaired) electrons. The molecule has 5 aromatic heterocycles. The second-order valence-electron chi connectivity index (χ2n) is 8.51. The van der Waals surface area contributed by atoms with E-state index in [1.807, 2.05) is 24.3 Å². The van der Waals surface area contributed by atoms with Crippen molar-refractivity contribution >= 4 is 32.0 Å². The van der Waals surface area contributed by atoms with Gasteiger partial charge in [-0.05, 0) is 47.5 Å². The Morgan fingerprint density at radius 3 is 2.70 bits per heavy atom. The van der Waals surface area contributed by atoms with Gasteiger partial charge < -0.3 is 4.98 Å². The number of pyridine rings is 3. The molecule has 0 aliphatic heterocycles. The molecule has 184 valence electrons. The van der Waals surface area contributed by atoms with Gasteiger partial charge in [0.15, 0.2) is 5.82 Å². The molecule has 6 aromatic rings. The standard InChI is InChI=1S/C25H19FN8O2S/c1-37(35,36)30-10-14-6-15(8-16(26)7-14)18-11-27-12-22-23(18)32-25(31-22)24-17-9-20(19-4-2-3-5-28-19)29-13-21(17)33-34-24/h2-9,11-13,30H,10H2,1H3,(H,31,32)(H,33,34). The minimum Gasteiger partial charge on any atom is -0.335 e. The number of halogens is 1. The first-order valence-electron chi connectivity index (χ1n) is 11.2. The lowest BCUT2D eigenvalue weighted by atomic mass is 10.0. The van der Waals surface area contributed by atoms with E-state index < -0.39 is 15.8 Å². The Kier molecular flexibility index (Phi) is 5.46. The Morgan fingerprint density at radius 1 is 1.00 bits per heavy atom. The van der Waals surface area contributed by atoms with Crippen LogP contribution in [0.2, 0.25) is 0 Å². The van der Waals surface area contributed by atoms with Crippen molar-refractivity contribution in [2.45, 2.75) is 6.54 Å². The van der Waals surface area contributed by atoms with Crippen molar-refractivity contribution in [3.8, 4) is 34.0 Å². The van der Waals surface area contributed by atoms with Crippen LogP contribution in [0, 0.1) is 5.82 Å². The lowest BCUT2D eigenvalue weighted by molar-refractivity contribution is 0.586. The minimum absolute atomic E-state index is 0.0370. The molecule has 0 saturated carbocycles. The summed E-state index contributed by atoms with van der Waals surface area (Å²) >= 11 is 0. The summed E-state index contributed by atoms with van der Waals surface area (Å²) in [6.45, 7) is -0.0370. The summed E-state index contributed by atoms with van der Waals surface area (Å²) in [5.74, 6) is 0.00690. The summed E-state index contributed by atoms with van der Waals surface area (Å²) in [5, 5.41) is 8.24. The van der Waals surface area contributed by atoms with Crippen molar-refractivity contribution in [2.24, 2.45) is 0 Å². The Morgan fingerprint density at radius 2 is 1.89 bits per heavy atom. The number of hydrogen-bond donors (Lipinski definition) is 3. The number of aromatic nitrogens is 7. The first-order chi connectivity index (χ1) is 17.8.